The molecule has 0 bridgehead atoms. The molecule has 0 aromatic heterocycles. The Hall–Kier alpha value is -1.94. The van der Waals surface area contributed by atoms with Crippen LogP contribution in [0.15, 0.2) is 36.4 Å². The highest BCUT2D eigenvalue weighted by Crippen LogP contribution is 2.36. The molecular formula is C15H14ClFN2O. The fraction of sp³-hybridized carbons (Fsp3) is 0.200. The molecule has 1 heterocycles. The van der Waals surface area contributed by atoms with Gasteiger partial charge in [-0.05, 0) is 12.1 Å². The number of para-hydroxylation sites is 1. The Kier molecular flexibility index (Phi) is 3.40. The number of hydrogen-bond donors (Lipinski definition) is 2. The van der Waals surface area contributed by atoms with E-state index in [-0.39, 0.29) is 11.1 Å². The number of nitrogens with two attached hydrogens (primary N) is 1. The SMILES string of the molecule is Nc1cc(Cl)c(F)cc1NC1CCOc2ccccc21. The van der Waals surface area contributed by atoms with Gasteiger partial charge in [0.1, 0.15) is 11.6 Å². The lowest BCUT2D eigenvalue weighted by Gasteiger charge is -2.28. The Morgan fingerprint density at radius 3 is 2.95 bits per heavy atom. The first-order chi connectivity index (χ1) is 9.65. The second kappa shape index (κ2) is 5.21. The molecule has 0 fully saturated rings. The van der Waals surface area contributed by atoms with Crippen LogP contribution >= 0.6 is 11.6 Å². The van der Waals surface area contributed by atoms with Crippen LogP contribution in [-0.2, 0) is 0 Å². The van der Waals surface area contributed by atoms with Crippen LogP contribution in [0.1, 0.15) is 18.0 Å². The average Bonchev–Trinajstić information content (AvgIpc) is 2.45. The van der Waals surface area contributed by atoms with Crippen molar-refractivity contribution in [1.82, 2.24) is 0 Å². The van der Waals surface area contributed by atoms with Crippen molar-refractivity contribution in [2.24, 2.45) is 0 Å². The van der Waals surface area contributed by atoms with E-state index in [1.54, 1.807) is 0 Å². The van der Waals surface area contributed by atoms with Crippen LogP contribution in [0.5, 0.6) is 5.75 Å². The number of nitrogen functional groups attached to an aromatic ring is 1. The first kappa shape index (κ1) is 13.1. The Morgan fingerprint density at radius 2 is 2.10 bits per heavy atom. The standard InChI is InChI=1S/C15H14ClFN2O/c16-10-7-12(18)14(8-11(10)17)19-13-5-6-20-15-4-2-1-3-9(13)15/h1-4,7-8,13,19H,5-6,18H2. The normalized spacial score (nSPS) is 17.2. The summed E-state index contributed by atoms with van der Waals surface area (Å²) in [6.45, 7) is 0.616. The van der Waals surface area contributed by atoms with Crippen LogP contribution in [0.2, 0.25) is 5.02 Å². The maximum atomic E-state index is 13.6. The van der Waals surface area contributed by atoms with E-state index in [9.17, 15) is 4.39 Å². The van der Waals surface area contributed by atoms with Gasteiger partial charge in [-0.1, -0.05) is 29.8 Å². The van der Waals surface area contributed by atoms with E-state index in [1.807, 2.05) is 24.3 Å². The van der Waals surface area contributed by atoms with Gasteiger partial charge in [0.05, 0.1) is 29.0 Å². The lowest BCUT2D eigenvalue weighted by atomic mass is 10.00. The molecule has 5 heteroatoms. The van der Waals surface area contributed by atoms with Gasteiger partial charge in [-0.25, -0.2) is 4.39 Å². The van der Waals surface area contributed by atoms with Crippen LogP contribution < -0.4 is 15.8 Å². The molecule has 1 atom stereocenters. The van der Waals surface area contributed by atoms with Crippen LogP contribution in [0, 0.1) is 5.82 Å². The van der Waals surface area contributed by atoms with Gasteiger partial charge in [0.15, 0.2) is 0 Å². The number of benzene rings is 2. The molecule has 1 unspecified atom stereocenters. The van der Waals surface area contributed by atoms with E-state index in [1.165, 1.54) is 12.1 Å². The molecule has 0 aliphatic carbocycles. The van der Waals surface area contributed by atoms with Gasteiger partial charge in [-0.2, -0.15) is 0 Å². The van der Waals surface area contributed by atoms with Gasteiger partial charge in [-0.3, -0.25) is 0 Å². The summed E-state index contributed by atoms with van der Waals surface area (Å²) in [6, 6.07) is 10.6. The van der Waals surface area contributed by atoms with Gasteiger partial charge >= 0.3 is 0 Å². The summed E-state index contributed by atoms with van der Waals surface area (Å²) in [5, 5.41) is 3.30. The van der Waals surface area contributed by atoms with Gasteiger partial charge in [0.2, 0.25) is 0 Å². The quantitative estimate of drug-likeness (QED) is 0.823. The molecule has 3 nitrogen and oxygen atoms in total. The molecule has 2 aromatic carbocycles. The smallest absolute Gasteiger partial charge is 0.143 e. The summed E-state index contributed by atoms with van der Waals surface area (Å²) in [5.41, 5.74) is 7.91. The molecule has 1 aliphatic heterocycles. The van der Waals surface area contributed by atoms with E-state index >= 15 is 0 Å². The van der Waals surface area contributed by atoms with E-state index in [2.05, 4.69) is 5.32 Å². The second-order valence-electron chi connectivity index (χ2n) is 4.73. The fourth-order valence-electron chi connectivity index (χ4n) is 2.37. The van der Waals surface area contributed by atoms with Crippen molar-refractivity contribution in [2.45, 2.75) is 12.5 Å². The molecular weight excluding hydrogens is 279 g/mol. The zero-order chi connectivity index (χ0) is 14.1. The van der Waals surface area contributed by atoms with Crippen LogP contribution in [0.3, 0.4) is 0 Å². The molecule has 3 N–H and O–H groups in total. The summed E-state index contributed by atoms with van der Waals surface area (Å²) < 4.78 is 19.2. The first-order valence-electron chi connectivity index (χ1n) is 6.38. The monoisotopic (exact) mass is 292 g/mol. The van der Waals surface area contributed by atoms with Crippen molar-refractivity contribution in [3.63, 3.8) is 0 Å². The van der Waals surface area contributed by atoms with Crippen molar-refractivity contribution >= 4 is 23.0 Å². The second-order valence-corrected chi connectivity index (χ2v) is 5.13. The number of nitrogens with one attached hydrogen (secondary N) is 1. The Balaban J connectivity index is 1.91. The van der Waals surface area contributed by atoms with E-state index < -0.39 is 5.82 Å². The number of rotatable bonds is 2. The van der Waals surface area contributed by atoms with Gasteiger partial charge in [0, 0.05) is 18.1 Å². The number of fused-ring (bicyclic) bond motifs is 1. The highest BCUT2D eigenvalue weighted by Gasteiger charge is 2.21. The Labute approximate surface area is 121 Å². The zero-order valence-corrected chi connectivity index (χ0v) is 11.5. The summed E-state index contributed by atoms with van der Waals surface area (Å²) in [7, 11) is 0. The highest BCUT2D eigenvalue weighted by atomic mass is 35.5. The molecule has 0 amide bonds. The lowest BCUT2D eigenvalue weighted by molar-refractivity contribution is 0.274. The predicted octanol–water partition coefficient (Wildman–Crippen LogP) is 4.00. The molecule has 0 saturated heterocycles. The first-order valence-corrected chi connectivity index (χ1v) is 6.76. The topological polar surface area (TPSA) is 47.3 Å². The molecule has 1 aliphatic rings. The third-order valence-electron chi connectivity index (χ3n) is 3.38. The Bertz CT molecular complexity index is 648. The van der Waals surface area contributed by atoms with Crippen LogP contribution in [-0.4, -0.2) is 6.61 Å². The number of ether oxygens (including phenoxy) is 1. The van der Waals surface area contributed by atoms with E-state index in [0.29, 0.717) is 18.0 Å². The zero-order valence-electron chi connectivity index (χ0n) is 10.7. The van der Waals surface area contributed by atoms with Crippen molar-refractivity contribution in [3.8, 4) is 5.75 Å². The minimum absolute atomic E-state index is 0.0282. The minimum Gasteiger partial charge on any atom is -0.493 e. The predicted molar refractivity (Wildman–Crippen MR) is 78.7 cm³/mol. The van der Waals surface area contributed by atoms with Crippen LogP contribution in [0.25, 0.3) is 0 Å². The summed E-state index contributed by atoms with van der Waals surface area (Å²) in [6.07, 6.45) is 0.792. The van der Waals surface area contributed by atoms with Crippen molar-refractivity contribution in [2.75, 3.05) is 17.7 Å². The van der Waals surface area contributed by atoms with Crippen molar-refractivity contribution in [3.05, 3.63) is 52.8 Å². The Morgan fingerprint density at radius 1 is 1.30 bits per heavy atom. The fourth-order valence-corrected chi connectivity index (χ4v) is 2.54. The largest absolute Gasteiger partial charge is 0.493 e. The van der Waals surface area contributed by atoms with E-state index in [0.717, 1.165) is 17.7 Å². The minimum atomic E-state index is -0.483. The average molecular weight is 293 g/mol. The van der Waals surface area contributed by atoms with Crippen molar-refractivity contribution in [1.29, 1.82) is 0 Å². The maximum Gasteiger partial charge on any atom is 0.143 e. The molecule has 3 rings (SSSR count). The number of anilines is 2. The molecule has 2 aromatic rings. The summed E-state index contributed by atoms with van der Waals surface area (Å²) in [5.74, 6) is 0.368. The number of halogens is 2. The van der Waals surface area contributed by atoms with Gasteiger partial charge in [-0.15, -0.1) is 0 Å². The van der Waals surface area contributed by atoms with E-state index in [4.69, 9.17) is 22.1 Å². The molecule has 20 heavy (non-hydrogen) atoms. The molecule has 104 valence electrons. The number of hydrogen-bond acceptors (Lipinski definition) is 3. The van der Waals surface area contributed by atoms with Gasteiger partial charge < -0.3 is 15.8 Å². The molecule has 0 radical (unpaired) electrons. The third kappa shape index (κ3) is 2.39. The molecule has 0 saturated carbocycles. The summed E-state index contributed by atoms with van der Waals surface area (Å²) >= 11 is 5.71. The summed E-state index contributed by atoms with van der Waals surface area (Å²) in [4.78, 5) is 0. The maximum absolute atomic E-state index is 13.6. The molecule has 0 spiro atoms. The highest BCUT2D eigenvalue weighted by molar-refractivity contribution is 6.31. The lowest BCUT2D eigenvalue weighted by Crippen LogP contribution is -2.20. The third-order valence-corrected chi connectivity index (χ3v) is 3.67. The van der Waals surface area contributed by atoms with Crippen LogP contribution in [0.4, 0.5) is 15.8 Å². The van der Waals surface area contributed by atoms with Gasteiger partial charge in [0.25, 0.3) is 0 Å². The van der Waals surface area contributed by atoms with Crippen molar-refractivity contribution < 1.29 is 9.13 Å².